The topological polar surface area (TPSA) is 46.3 Å². The van der Waals surface area contributed by atoms with Crippen molar-refractivity contribution >= 4 is 29.0 Å². The van der Waals surface area contributed by atoms with Crippen molar-refractivity contribution in [1.29, 1.82) is 0 Å². The molecule has 3 rings (SSSR count). The molecule has 2 aromatic carbocycles. The van der Waals surface area contributed by atoms with Gasteiger partial charge >= 0.3 is 0 Å². The minimum atomic E-state index is 0.0435. The van der Waals surface area contributed by atoms with E-state index in [4.69, 9.17) is 5.73 Å². The molecular weight excluding hydrogens is 268 g/mol. The number of hydrogen-bond acceptors (Lipinski definition) is 3. The first kappa shape index (κ1) is 13.1. The van der Waals surface area contributed by atoms with Gasteiger partial charge in [-0.2, -0.15) is 0 Å². The molecule has 0 unspecified atom stereocenters. The lowest BCUT2D eigenvalue weighted by Crippen LogP contribution is -2.28. The van der Waals surface area contributed by atoms with E-state index in [1.54, 1.807) is 11.8 Å². The Hall–Kier alpha value is -1.94. The van der Waals surface area contributed by atoms with E-state index >= 15 is 0 Å². The third kappa shape index (κ3) is 2.16. The Kier molecular flexibility index (Phi) is 3.40. The molecule has 4 heteroatoms. The van der Waals surface area contributed by atoms with Crippen LogP contribution in [0.4, 0.5) is 11.4 Å². The zero-order valence-corrected chi connectivity index (χ0v) is 12.1. The van der Waals surface area contributed by atoms with Crippen LogP contribution in [0.2, 0.25) is 0 Å². The average Bonchev–Trinajstić information content (AvgIpc) is 2.92. The summed E-state index contributed by atoms with van der Waals surface area (Å²) in [7, 11) is 0. The molecule has 0 fully saturated rings. The molecule has 1 heterocycles. The van der Waals surface area contributed by atoms with Gasteiger partial charge in [-0.25, -0.2) is 0 Å². The monoisotopic (exact) mass is 284 g/mol. The number of fused-ring (bicyclic) bond motifs is 1. The zero-order chi connectivity index (χ0) is 14.1. The van der Waals surface area contributed by atoms with Crippen molar-refractivity contribution in [2.24, 2.45) is 0 Å². The molecule has 2 aromatic rings. The largest absolute Gasteiger partial charge is 0.398 e. The molecule has 102 valence electrons. The number of benzene rings is 2. The number of rotatable bonds is 2. The van der Waals surface area contributed by atoms with Crippen LogP contribution in [-0.4, -0.2) is 18.7 Å². The molecule has 0 atom stereocenters. The third-order valence-electron chi connectivity index (χ3n) is 3.65. The molecule has 1 aliphatic heterocycles. The molecule has 20 heavy (non-hydrogen) atoms. The molecule has 0 radical (unpaired) electrons. The Bertz CT molecular complexity index is 652. The van der Waals surface area contributed by atoms with Gasteiger partial charge in [0.25, 0.3) is 5.91 Å². The van der Waals surface area contributed by atoms with Crippen LogP contribution < -0.4 is 10.6 Å². The van der Waals surface area contributed by atoms with Crippen LogP contribution in [0.3, 0.4) is 0 Å². The summed E-state index contributed by atoms with van der Waals surface area (Å²) < 4.78 is 0. The Morgan fingerprint density at radius 1 is 1.20 bits per heavy atom. The highest BCUT2D eigenvalue weighted by Crippen LogP contribution is 2.33. The fraction of sp³-hybridized carbons (Fsp3) is 0.188. The molecule has 0 bridgehead atoms. The lowest BCUT2D eigenvalue weighted by molar-refractivity contribution is 0.0989. The third-order valence-corrected chi connectivity index (χ3v) is 4.39. The number of carbonyl (C=O) groups is 1. The zero-order valence-electron chi connectivity index (χ0n) is 11.3. The summed E-state index contributed by atoms with van der Waals surface area (Å²) in [5.41, 5.74) is 9.50. The van der Waals surface area contributed by atoms with Crippen molar-refractivity contribution in [2.45, 2.75) is 11.3 Å². The summed E-state index contributed by atoms with van der Waals surface area (Å²) in [5, 5.41) is 0. The van der Waals surface area contributed by atoms with Crippen molar-refractivity contribution in [3.8, 4) is 0 Å². The lowest BCUT2D eigenvalue weighted by Gasteiger charge is -2.17. The van der Waals surface area contributed by atoms with Crippen LogP contribution in [0.15, 0.2) is 47.4 Å². The molecule has 0 aromatic heterocycles. The number of amides is 1. The molecule has 0 saturated heterocycles. The van der Waals surface area contributed by atoms with Gasteiger partial charge in [0.1, 0.15) is 0 Å². The summed E-state index contributed by atoms with van der Waals surface area (Å²) in [6, 6.07) is 13.5. The van der Waals surface area contributed by atoms with Gasteiger partial charge < -0.3 is 10.6 Å². The summed E-state index contributed by atoms with van der Waals surface area (Å²) in [4.78, 5) is 15.6. The molecule has 0 spiro atoms. The highest BCUT2D eigenvalue weighted by molar-refractivity contribution is 7.98. The highest BCUT2D eigenvalue weighted by atomic mass is 32.2. The van der Waals surface area contributed by atoms with Gasteiger partial charge in [0.2, 0.25) is 0 Å². The van der Waals surface area contributed by atoms with Crippen LogP contribution >= 0.6 is 11.8 Å². The van der Waals surface area contributed by atoms with Crippen LogP contribution in [0.1, 0.15) is 15.9 Å². The van der Waals surface area contributed by atoms with Crippen molar-refractivity contribution in [1.82, 2.24) is 0 Å². The van der Waals surface area contributed by atoms with Crippen molar-refractivity contribution in [2.75, 3.05) is 23.4 Å². The standard InChI is InChI=1S/C16H16N2OS/c1-20-12-7-5-11(6-8-12)16(19)18-10-9-13-14(17)3-2-4-15(13)18/h2-8H,9-10,17H2,1H3. The maximum Gasteiger partial charge on any atom is 0.258 e. The van der Waals surface area contributed by atoms with Crippen LogP contribution in [-0.2, 0) is 6.42 Å². The molecule has 0 aliphatic carbocycles. The maximum absolute atomic E-state index is 12.6. The van der Waals surface area contributed by atoms with Crippen molar-refractivity contribution < 1.29 is 4.79 Å². The van der Waals surface area contributed by atoms with E-state index in [2.05, 4.69) is 0 Å². The van der Waals surface area contributed by atoms with Crippen molar-refractivity contribution in [3.05, 3.63) is 53.6 Å². The van der Waals surface area contributed by atoms with Gasteiger partial charge in [0, 0.05) is 33.9 Å². The second-order valence-electron chi connectivity index (χ2n) is 4.78. The number of thioether (sulfide) groups is 1. The molecule has 2 N–H and O–H groups in total. The summed E-state index contributed by atoms with van der Waals surface area (Å²) >= 11 is 1.67. The Labute approximate surface area is 122 Å². The molecule has 3 nitrogen and oxygen atoms in total. The average molecular weight is 284 g/mol. The molecule has 1 aliphatic rings. The molecular formula is C16H16N2OS. The van der Waals surface area contributed by atoms with Crippen LogP contribution in [0.5, 0.6) is 0 Å². The van der Waals surface area contributed by atoms with E-state index in [-0.39, 0.29) is 5.91 Å². The number of anilines is 2. The second kappa shape index (κ2) is 5.21. The molecule has 0 saturated carbocycles. The van der Waals surface area contributed by atoms with E-state index in [0.717, 1.165) is 33.8 Å². The lowest BCUT2D eigenvalue weighted by atomic mass is 10.1. The Morgan fingerprint density at radius 3 is 2.65 bits per heavy atom. The van der Waals surface area contributed by atoms with E-state index in [1.165, 1.54) is 0 Å². The van der Waals surface area contributed by atoms with Crippen molar-refractivity contribution in [3.63, 3.8) is 0 Å². The smallest absolute Gasteiger partial charge is 0.258 e. The SMILES string of the molecule is CSc1ccc(C(=O)N2CCc3c(N)cccc32)cc1. The second-order valence-corrected chi connectivity index (χ2v) is 5.66. The van der Waals surface area contributed by atoms with E-state index in [1.807, 2.05) is 53.6 Å². The van der Waals surface area contributed by atoms with Gasteiger partial charge in [0.05, 0.1) is 0 Å². The quantitative estimate of drug-likeness (QED) is 0.680. The maximum atomic E-state index is 12.6. The first-order valence-corrected chi connectivity index (χ1v) is 7.76. The van der Waals surface area contributed by atoms with Gasteiger partial charge in [-0.1, -0.05) is 6.07 Å². The predicted molar refractivity (Wildman–Crippen MR) is 84.5 cm³/mol. The number of nitrogens with zero attached hydrogens (tertiary/aromatic N) is 1. The van der Waals surface area contributed by atoms with Gasteiger partial charge in [0.15, 0.2) is 0 Å². The summed E-state index contributed by atoms with van der Waals surface area (Å²) in [5.74, 6) is 0.0435. The predicted octanol–water partition coefficient (Wildman–Crippen LogP) is 3.19. The Balaban J connectivity index is 1.91. The molecule has 1 amide bonds. The minimum absolute atomic E-state index is 0.0435. The number of carbonyl (C=O) groups excluding carboxylic acids is 1. The first-order valence-electron chi connectivity index (χ1n) is 6.54. The number of nitrogens with two attached hydrogens (primary N) is 1. The highest BCUT2D eigenvalue weighted by Gasteiger charge is 2.26. The van der Waals surface area contributed by atoms with E-state index < -0.39 is 0 Å². The number of hydrogen-bond donors (Lipinski definition) is 1. The van der Waals surface area contributed by atoms with Crippen LogP contribution in [0, 0.1) is 0 Å². The normalized spacial score (nSPS) is 13.3. The van der Waals surface area contributed by atoms with E-state index in [9.17, 15) is 4.79 Å². The summed E-state index contributed by atoms with van der Waals surface area (Å²) in [6.07, 6.45) is 2.85. The van der Waals surface area contributed by atoms with E-state index in [0.29, 0.717) is 6.54 Å². The van der Waals surface area contributed by atoms with Gasteiger partial charge in [-0.05, 0) is 49.1 Å². The van der Waals surface area contributed by atoms with Gasteiger partial charge in [-0.15, -0.1) is 11.8 Å². The Morgan fingerprint density at radius 2 is 1.95 bits per heavy atom. The summed E-state index contributed by atoms with van der Waals surface area (Å²) in [6.45, 7) is 0.701. The first-order chi connectivity index (χ1) is 9.70. The number of nitrogen functional groups attached to an aromatic ring is 1. The fourth-order valence-corrected chi connectivity index (χ4v) is 2.97. The van der Waals surface area contributed by atoms with Gasteiger partial charge in [-0.3, -0.25) is 4.79 Å². The van der Waals surface area contributed by atoms with Crippen LogP contribution in [0.25, 0.3) is 0 Å². The minimum Gasteiger partial charge on any atom is -0.398 e. The fourth-order valence-electron chi connectivity index (χ4n) is 2.56.